The summed E-state index contributed by atoms with van der Waals surface area (Å²) in [6.45, 7) is 5.01. The zero-order chi connectivity index (χ0) is 57.8. The molecule has 0 aromatic carbocycles. The molecule has 0 aliphatic carbocycles. The highest BCUT2D eigenvalue weighted by Crippen LogP contribution is 2.20. The van der Waals surface area contributed by atoms with Crippen molar-refractivity contribution in [2.75, 3.05) is 13.2 Å². The molecule has 0 fully saturated rings. The maximum Gasteiger partial charge on any atom is 0.305 e. The van der Waals surface area contributed by atoms with Crippen LogP contribution < -0.4 is 5.32 Å². The van der Waals surface area contributed by atoms with Gasteiger partial charge in [-0.25, -0.2) is 0 Å². The Bertz CT molecular complexity index is 1160. The van der Waals surface area contributed by atoms with E-state index < -0.39 is 12.1 Å². The van der Waals surface area contributed by atoms with E-state index >= 15 is 0 Å². The van der Waals surface area contributed by atoms with E-state index in [0.29, 0.717) is 25.9 Å². The molecular weight excluding hydrogens is 983 g/mol. The van der Waals surface area contributed by atoms with Crippen molar-refractivity contribution in [3.05, 3.63) is 0 Å². The number of amides is 1. The normalized spacial score (nSPS) is 12.4. The summed E-state index contributed by atoms with van der Waals surface area (Å²) >= 11 is 0. The molecule has 2 unspecified atom stereocenters. The van der Waals surface area contributed by atoms with Gasteiger partial charge in [0.2, 0.25) is 5.91 Å². The quantitative estimate of drug-likeness (QED) is 0.0417. The third kappa shape index (κ3) is 66.0. The number of rotatable bonds is 71. The van der Waals surface area contributed by atoms with Gasteiger partial charge in [0.25, 0.3) is 0 Å². The Kier molecular flexibility index (Phi) is 69.3. The molecule has 0 aliphatic rings. The standard InChI is InChI=1S/C74H147NO5/c1-3-5-7-9-11-13-15-17-19-36-39-42-46-50-54-58-62-66-72(77)71(70-76)75-73(78)67-63-59-55-51-47-43-40-37-34-32-30-28-26-24-22-20-21-23-25-27-29-31-33-35-38-41-45-49-53-57-61-65-69-80-74(79)68-64-60-56-52-48-44-18-16-14-12-10-8-6-4-2/h71-72,76-77H,3-70H2,1-2H3,(H,75,78). The van der Waals surface area contributed by atoms with Crippen molar-refractivity contribution in [2.45, 2.75) is 450 Å². The molecule has 0 saturated carbocycles. The van der Waals surface area contributed by atoms with Crippen molar-refractivity contribution in [1.29, 1.82) is 0 Å². The molecule has 1 amide bonds. The molecule has 6 nitrogen and oxygen atoms in total. The van der Waals surface area contributed by atoms with Crippen molar-refractivity contribution in [2.24, 2.45) is 0 Å². The number of aliphatic hydroxyl groups is 2. The third-order valence-electron chi connectivity index (χ3n) is 17.9. The number of esters is 1. The summed E-state index contributed by atoms with van der Waals surface area (Å²) in [5, 5.41) is 23.4. The first-order valence-electron chi connectivity index (χ1n) is 37.3. The van der Waals surface area contributed by atoms with E-state index in [-0.39, 0.29) is 18.5 Å². The maximum absolute atomic E-state index is 12.5. The van der Waals surface area contributed by atoms with Crippen LogP contribution in [0.3, 0.4) is 0 Å². The molecule has 0 rings (SSSR count). The average molecular weight is 1130 g/mol. The number of aliphatic hydroxyl groups excluding tert-OH is 2. The van der Waals surface area contributed by atoms with Crippen LogP contribution >= 0.6 is 0 Å². The second-order valence-electron chi connectivity index (χ2n) is 26.0. The van der Waals surface area contributed by atoms with Crippen LogP contribution in [0, 0.1) is 0 Å². The summed E-state index contributed by atoms with van der Waals surface area (Å²) in [5.41, 5.74) is 0. The minimum atomic E-state index is -0.660. The van der Waals surface area contributed by atoms with Gasteiger partial charge in [-0.2, -0.15) is 0 Å². The lowest BCUT2D eigenvalue weighted by Crippen LogP contribution is -2.45. The molecule has 0 aromatic rings. The van der Waals surface area contributed by atoms with E-state index in [4.69, 9.17) is 4.74 Å². The van der Waals surface area contributed by atoms with Crippen molar-refractivity contribution in [1.82, 2.24) is 5.32 Å². The Hall–Kier alpha value is -1.14. The van der Waals surface area contributed by atoms with E-state index in [1.165, 1.54) is 366 Å². The summed E-state index contributed by atoms with van der Waals surface area (Å²) in [5.74, 6) is -0.000921. The fourth-order valence-electron chi connectivity index (χ4n) is 12.2. The van der Waals surface area contributed by atoms with Crippen LogP contribution in [0.1, 0.15) is 438 Å². The lowest BCUT2D eigenvalue weighted by atomic mass is 10.0. The fourth-order valence-corrected chi connectivity index (χ4v) is 12.2. The van der Waals surface area contributed by atoms with Gasteiger partial charge in [-0.1, -0.05) is 399 Å². The minimum absolute atomic E-state index is 0.0248. The largest absolute Gasteiger partial charge is 0.466 e. The molecule has 0 spiro atoms. The maximum atomic E-state index is 12.5. The van der Waals surface area contributed by atoms with Crippen LogP contribution in [0.15, 0.2) is 0 Å². The topological polar surface area (TPSA) is 95.9 Å². The molecule has 0 saturated heterocycles. The van der Waals surface area contributed by atoms with E-state index in [1.54, 1.807) is 0 Å². The predicted octanol–water partition coefficient (Wildman–Crippen LogP) is 24.2. The number of carbonyl (C=O) groups excluding carboxylic acids is 2. The van der Waals surface area contributed by atoms with Crippen LogP contribution in [-0.2, 0) is 14.3 Å². The molecule has 478 valence electrons. The predicted molar refractivity (Wildman–Crippen MR) is 352 cm³/mol. The van der Waals surface area contributed by atoms with Gasteiger partial charge in [-0.3, -0.25) is 9.59 Å². The summed E-state index contributed by atoms with van der Waals surface area (Å²) in [6, 6.07) is -0.537. The molecule has 0 radical (unpaired) electrons. The first-order chi connectivity index (χ1) is 39.5. The van der Waals surface area contributed by atoms with Gasteiger partial charge in [0.1, 0.15) is 0 Å². The second kappa shape index (κ2) is 70.3. The Morgan fingerprint density at radius 2 is 0.512 bits per heavy atom. The molecule has 0 aromatic heterocycles. The number of nitrogens with one attached hydrogen (secondary N) is 1. The highest BCUT2D eigenvalue weighted by molar-refractivity contribution is 5.76. The summed E-state index contributed by atoms with van der Waals surface area (Å²) < 4.78 is 5.50. The van der Waals surface area contributed by atoms with Gasteiger partial charge in [0, 0.05) is 12.8 Å². The van der Waals surface area contributed by atoms with Gasteiger partial charge in [-0.05, 0) is 25.7 Å². The van der Waals surface area contributed by atoms with E-state index in [1.807, 2.05) is 0 Å². The number of unbranched alkanes of at least 4 members (excludes halogenated alkanes) is 60. The van der Waals surface area contributed by atoms with Crippen LogP contribution in [0.5, 0.6) is 0 Å². The number of hydrogen-bond acceptors (Lipinski definition) is 5. The van der Waals surface area contributed by atoms with Crippen molar-refractivity contribution in [3.63, 3.8) is 0 Å². The fraction of sp³-hybridized carbons (Fsp3) is 0.973. The summed E-state index contributed by atoms with van der Waals surface area (Å²) in [4.78, 5) is 24.6. The van der Waals surface area contributed by atoms with Gasteiger partial charge < -0.3 is 20.3 Å². The van der Waals surface area contributed by atoms with Crippen molar-refractivity contribution < 1.29 is 24.5 Å². The molecule has 0 heterocycles. The first-order valence-corrected chi connectivity index (χ1v) is 37.3. The second-order valence-corrected chi connectivity index (χ2v) is 26.0. The highest BCUT2D eigenvalue weighted by Gasteiger charge is 2.20. The van der Waals surface area contributed by atoms with Crippen molar-refractivity contribution >= 4 is 11.9 Å². The third-order valence-corrected chi connectivity index (χ3v) is 17.9. The van der Waals surface area contributed by atoms with Crippen LogP contribution in [0.2, 0.25) is 0 Å². The monoisotopic (exact) mass is 1130 g/mol. The Labute approximate surface area is 502 Å². The van der Waals surface area contributed by atoms with Crippen LogP contribution in [0.4, 0.5) is 0 Å². The molecule has 2 atom stereocenters. The smallest absolute Gasteiger partial charge is 0.305 e. The molecular formula is C74H147NO5. The molecule has 0 bridgehead atoms. The minimum Gasteiger partial charge on any atom is -0.466 e. The molecule has 0 aliphatic heterocycles. The van der Waals surface area contributed by atoms with Crippen LogP contribution in [0.25, 0.3) is 0 Å². The Morgan fingerprint density at radius 3 is 0.762 bits per heavy atom. The number of carbonyl (C=O) groups is 2. The van der Waals surface area contributed by atoms with Gasteiger partial charge in [0.15, 0.2) is 0 Å². The first kappa shape index (κ1) is 78.9. The van der Waals surface area contributed by atoms with Crippen molar-refractivity contribution in [3.8, 4) is 0 Å². The van der Waals surface area contributed by atoms with Gasteiger partial charge in [0.05, 0.1) is 25.4 Å². The molecule has 3 N–H and O–H groups in total. The zero-order valence-corrected chi connectivity index (χ0v) is 54.9. The number of ether oxygens (including phenoxy) is 1. The average Bonchev–Trinajstić information content (AvgIpc) is 3.46. The molecule has 6 heteroatoms. The lowest BCUT2D eigenvalue weighted by molar-refractivity contribution is -0.143. The van der Waals surface area contributed by atoms with E-state index in [2.05, 4.69) is 19.2 Å². The number of hydrogen-bond donors (Lipinski definition) is 3. The van der Waals surface area contributed by atoms with Gasteiger partial charge >= 0.3 is 5.97 Å². The summed E-state index contributed by atoms with van der Waals surface area (Å²) in [7, 11) is 0. The Morgan fingerprint density at radius 1 is 0.300 bits per heavy atom. The molecule has 80 heavy (non-hydrogen) atoms. The van der Waals surface area contributed by atoms with E-state index in [0.717, 1.165) is 38.5 Å². The van der Waals surface area contributed by atoms with E-state index in [9.17, 15) is 19.8 Å². The van der Waals surface area contributed by atoms with Crippen LogP contribution in [-0.4, -0.2) is 47.4 Å². The highest BCUT2D eigenvalue weighted by atomic mass is 16.5. The summed E-state index contributed by atoms with van der Waals surface area (Å²) in [6.07, 6.45) is 86.0. The SMILES string of the molecule is CCCCCCCCCCCCCCCCCCCC(O)C(CO)NC(=O)CCCCCCCCCCCCCCCCCCCCCCCCCCCCCCCCCCOC(=O)CCCCCCCCCCCCCCCC. The zero-order valence-electron chi connectivity index (χ0n) is 54.9. The lowest BCUT2D eigenvalue weighted by Gasteiger charge is -2.22. The van der Waals surface area contributed by atoms with Gasteiger partial charge in [-0.15, -0.1) is 0 Å². The Balaban J connectivity index is 3.30.